The molecule has 0 aliphatic carbocycles. The third-order valence-corrected chi connectivity index (χ3v) is 5.10. The Morgan fingerprint density at radius 2 is 2.33 bits per heavy atom. The van der Waals surface area contributed by atoms with Gasteiger partial charge in [-0.1, -0.05) is 5.16 Å². The van der Waals surface area contributed by atoms with E-state index in [2.05, 4.69) is 33.5 Å². The number of hydrogen-bond donors (Lipinski definition) is 2. The Bertz CT molecular complexity index is 702. The van der Waals surface area contributed by atoms with Gasteiger partial charge in [0.25, 0.3) is 0 Å². The van der Waals surface area contributed by atoms with Gasteiger partial charge in [-0.15, -0.1) is 11.3 Å². The number of aryl methyl sites for hydroxylation is 2. The van der Waals surface area contributed by atoms with E-state index in [0.29, 0.717) is 5.56 Å². The second-order valence-corrected chi connectivity index (χ2v) is 6.31. The SMILES string of the molecule is Cc1nn(C)c(N2CCc3sccc3C2C)c1C(N)=NO. The normalized spacial score (nSPS) is 18.9. The molecule has 7 heteroatoms. The van der Waals surface area contributed by atoms with Gasteiger partial charge in [-0.3, -0.25) is 4.68 Å². The van der Waals surface area contributed by atoms with E-state index < -0.39 is 0 Å². The van der Waals surface area contributed by atoms with Crippen LogP contribution in [0.15, 0.2) is 16.6 Å². The van der Waals surface area contributed by atoms with E-state index in [9.17, 15) is 0 Å². The first-order valence-corrected chi connectivity index (χ1v) is 7.77. The number of fused-ring (bicyclic) bond motifs is 1. The number of aromatic nitrogens is 2. The van der Waals surface area contributed by atoms with E-state index in [-0.39, 0.29) is 11.9 Å². The molecular weight excluding hydrogens is 286 g/mol. The van der Waals surface area contributed by atoms with Crippen LogP contribution < -0.4 is 10.6 Å². The van der Waals surface area contributed by atoms with Crippen LogP contribution in [0.2, 0.25) is 0 Å². The highest BCUT2D eigenvalue weighted by atomic mass is 32.1. The molecule has 1 aliphatic heterocycles. The van der Waals surface area contributed by atoms with Crippen LogP contribution in [0.5, 0.6) is 0 Å². The molecule has 0 saturated heterocycles. The van der Waals surface area contributed by atoms with Crippen LogP contribution in [0.1, 0.15) is 34.7 Å². The summed E-state index contributed by atoms with van der Waals surface area (Å²) in [7, 11) is 1.90. The number of hydrogen-bond acceptors (Lipinski definition) is 5. The molecule has 112 valence electrons. The summed E-state index contributed by atoms with van der Waals surface area (Å²) in [5.41, 5.74) is 8.70. The van der Waals surface area contributed by atoms with Crippen LogP contribution in [-0.2, 0) is 13.5 Å². The Kier molecular flexibility index (Phi) is 3.36. The standard InChI is InChI=1S/C14H19N5OS/c1-8-12(13(15)17-20)14(18(3)16-8)19-6-4-11-10(9(19)2)5-7-21-11/h5,7,9,20H,4,6H2,1-3H3,(H2,15,17). The van der Waals surface area contributed by atoms with Crippen LogP contribution in [-0.4, -0.2) is 27.4 Å². The van der Waals surface area contributed by atoms with E-state index in [0.717, 1.165) is 24.5 Å². The summed E-state index contributed by atoms with van der Waals surface area (Å²) in [6.45, 7) is 4.96. The first-order valence-electron chi connectivity index (χ1n) is 6.89. The minimum atomic E-state index is 0.110. The summed E-state index contributed by atoms with van der Waals surface area (Å²) >= 11 is 1.81. The number of oxime groups is 1. The Hall–Kier alpha value is -2.02. The maximum atomic E-state index is 9.04. The second kappa shape index (κ2) is 5.07. The fourth-order valence-corrected chi connectivity index (χ4v) is 4.09. The molecule has 0 spiro atoms. The van der Waals surface area contributed by atoms with Crippen molar-refractivity contribution in [1.82, 2.24) is 9.78 Å². The van der Waals surface area contributed by atoms with Crippen LogP contribution in [0.25, 0.3) is 0 Å². The summed E-state index contributed by atoms with van der Waals surface area (Å²) in [5.74, 6) is 1.02. The average Bonchev–Trinajstić information content (AvgIpc) is 3.04. The predicted molar refractivity (Wildman–Crippen MR) is 84.2 cm³/mol. The number of thiophene rings is 1. The number of nitrogens with zero attached hydrogens (tertiary/aromatic N) is 4. The van der Waals surface area contributed by atoms with Crippen molar-refractivity contribution >= 4 is 23.0 Å². The van der Waals surface area contributed by atoms with Gasteiger partial charge in [0.05, 0.1) is 17.3 Å². The van der Waals surface area contributed by atoms with E-state index in [1.54, 1.807) is 0 Å². The first kappa shape index (κ1) is 13.9. The van der Waals surface area contributed by atoms with Crippen molar-refractivity contribution in [1.29, 1.82) is 0 Å². The fourth-order valence-electron chi connectivity index (χ4n) is 3.12. The fraction of sp³-hybridized carbons (Fsp3) is 0.429. The molecule has 1 atom stereocenters. The summed E-state index contributed by atoms with van der Waals surface area (Å²) in [6, 6.07) is 2.43. The third-order valence-electron chi connectivity index (χ3n) is 4.11. The number of amidine groups is 1. The highest BCUT2D eigenvalue weighted by Crippen LogP contribution is 2.37. The van der Waals surface area contributed by atoms with Crippen LogP contribution in [0.3, 0.4) is 0 Å². The van der Waals surface area contributed by atoms with E-state index in [4.69, 9.17) is 10.9 Å². The van der Waals surface area contributed by atoms with Crippen molar-refractivity contribution in [3.63, 3.8) is 0 Å². The summed E-state index contributed by atoms with van der Waals surface area (Å²) < 4.78 is 1.82. The van der Waals surface area contributed by atoms with Crippen LogP contribution in [0, 0.1) is 6.92 Å². The molecule has 3 rings (SSSR count). The van der Waals surface area contributed by atoms with Crippen LogP contribution >= 0.6 is 11.3 Å². The maximum Gasteiger partial charge on any atom is 0.175 e. The van der Waals surface area contributed by atoms with Crippen molar-refractivity contribution in [2.45, 2.75) is 26.3 Å². The van der Waals surface area contributed by atoms with Gasteiger partial charge in [0.2, 0.25) is 0 Å². The Morgan fingerprint density at radius 3 is 3.05 bits per heavy atom. The van der Waals surface area contributed by atoms with Gasteiger partial charge in [0, 0.05) is 18.5 Å². The molecule has 2 aromatic rings. The molecule has 0 radical (unpaired) electrons. The van der Waals surface area contributed by atoms with Crippen molar-refractivity contribution in [2.75, 3.05) is 11.4 Å². The second-order valence-electron chi connectivity index (χ2n) is 5.31. The van der Waals surface area contributed by atoms with E-state index in [1.165, 1.54) is 10.4 Å². The molecule has 0 amide bonds. The zero-order chi connectivity index (χ0) is 15.1. The van der Waals surface area contributed by atoms with Gasteiger partial charge in [-0.25, -0.2) is 0 Å². The van der Waals surface area contributed by atoms with Gasteiger partial charge in [0.15, 0.2) is 5.84 Å². The molecule has 0 fully saturated rings. The van der Waals surface area contributed by atoms with E-state index >= 15 is 0 Å². The Balaban J connectivity index is 2.10. The molecule has 6 nitrogen and oxygen atoms in total. The Labute approximate surface area is 127 Å². The number of rotatable bonds is 2. The van der Waals surface area contributed by atoms with Crippen LogP contribution in [0.4, 0.5) is 5.82 Å². The summed E-state index contributed by atoms with van der Waals surface area (Å²) in [4.78, 5) is 3.73. The first-order chi connectivity index (χ1) is 10.0. The number of nitrogens with two attached hydrogens (primary N) is 1. The highest BCUT2D eigenvalue weighted by Gasteiger charge is 2.30. The maximum absolute atomic E-state index is 9.04. The molecular formula is C14H19N5OS. The monoisotopic (exact) mass is 305 g/mol. The molecule has 0 bridgehead atoms. The zero-order valence-corrected chi connectivity index (χ0v) is 13.2. The van der Waals surface area contributed by atoms with Gasteiger partial charge in [-0.05, 0) is 37.3 Å². The predicted octanol–water partition coefficient (Wildman–Crippen LogP) is 2.01. The molecule has 1 aliphatic rings. The largest absolute Gasteiger partial charge is 0.409 e. The average molecular weight is 305 g/mol. The molecule has 21 heavy (non-hydrogen) atoms. The lowest BCUT2D eigenvalue weighted by Crippen LogP contribution is -2.36. The third kappa shape index (κ3) is 2.08. The summed E-state index contributed by atoms with van der Waals surface area (Å²) in [5, 5.41) is 18.8. The summed E-state index contributed by atoms with van der Waals surface area (Å²) in [6.07, 6.45) is 1.01. The molecule has 3 heterocycles. The van der Waals surface area contributed by atoms with Crippen molar-refractivity contribution < 1.29 is 5.21 Å². The smallest absolute Gasteiger partial charge is 0.175 e. The lowest BCUT2D eigenvalue weighted by molar-refractivity contribution is 0.318. The number of anilines is 1. The quantitative estimate of drug-likeness (QED) is 0.385. The molecule has 2 aromatic heterocycles. The Morgan fingerprint density at radius 1 is 1.57 bits per heavy atom. The highest BCUT2D eigenvalue weighted by molar-refractivity contribution is 7.10. The molecule has 3 N–H and O–H groups in total. The van der Waals surface area contributed by atoms with Gasteiger partial charge < -0.3 is 15.8 Å². The molecule has 0 saturated carbocycles. The zero-order valence-electron chi connectivity index (χ0n) is 12.4. The van der Waals surface area contributed by atoms with Gasteiger partial charge >= 0.3 is 0 Å². The lowest BCUT2D eigenvalue weighted by Gasteiger charge is -2.35. The van der Waals surface area contributed by atoms with Gasteiger partial charge in [-0.2, -0.15) is 5.10 Å². The molecule has 1 unspecified atom stereocenters. The molecule has 0 aromatic carbocycles. The van der Waals surface area contributed by atoms with Crippen molar-refractivity contribution in [2.24, 2.45) is 17.9 Å². The van der Waals surface area contributed by atoms with E-state index in [1.807, 2.05) is 30.0 Å². The minimum absolute atomic E-state index is 0.110. The minimum Gasteiger partial charge on any atom is -0.409 e. The topological polar surface area (TPSA) is 79.7 Å². The van der Waals surface area contributed by atoms with Crippen molar-refractivity contribution in [3.05, 3.63) is 33.1 Å². The lowest BCUT2D eigenvalue weighted by atomic mass is 10.0. The van der Waals surface area contributed by atoms with Gasteiger partial charge in [0.1, 0.15) is 5.82 Å². The van der Waals surface area contributed by atoms with Crippen molar-refractivity contribution in [3.8, 4) is 0 Å².